The molecular formula is C16H26ClN3O4. The Labute approximate surface area is 148 Å². The first-order valence-electron chi connectivity index (χ1n) is 7.40. The number of carbonyl (C=O) groups is 2. The molecule has 0 aliphatic rings. The molecule has 136 valence electrons. The van der Waals surface area contributed by atoms with E-state index in [-0.39, 0.29) is 36.7 Å². The Hall–Kier alpha value is -1.99. The van der Waals surface area contributed by atoms with Gasteiger partial charge in [-0.25, -0.2) is 0 Å². The van der Waals surface area contributed by atoms with Crippen molar-refractivity contribution >= 4 is 24.2 Å². The fourth-order valence-electron chi connectivity index (χ4n) is 1.84. The third kappa shape index (κ3) is 6.64. The molecule has 0 aliphatic carbocycles. The van der Waals surface area contributed by atoms with Crippen molar-refractivity contribution in [3.63, 3.8) is 0 Å². The van der Waals surface area contributed by atoms with Gasteiger partial charge in [0.25, 0.3) is 0 Å². The fourth-order valence-corrected chi connectivity index (χ4v) is 1.84. The molecule has 0 radical (unpaired) electrons. The molecule has 8 heteroatoms. The number of hydrogen-bond acceptors (Lipinski definition) is 5. The van der Waals surface area contributed by atoms with Crippen LogP contribution in [0.1, 0.15) is 19.4 Å². The topological polar surface area (TPSA) is 103 Å². The van der Waals surface area contributed by atoms with Crippen molar-refractivity contribution in [2.24, 2.45) is 11.7 Å². The molecule has 0 saturated heterocycles. The summed E-state index contributed by atoms with van der Waals surface area (Å²) in [5.41, 5.74) is 6.56. The highest BCUT2D eigenvalue weighted by atomic mass is 35.5. The summed E-state index contributed by atoms with van der Waals surface area (Å²) in [4.78, 5) is 23.4. The van der Waals surface area contributed by atoms with Crippen LogP contribution in [-0.2, 0) is 16.1 Å². The molecule has 1 aromatic carbocycles. The maximum atomic E-state index is 11.8. The smallest absolute Gasteiger partial charge is 0.239 e. The molecule has 1 rings (SSSR count). The van der Waals surface area contributed by atoms with Crippen LogP contribution in [0.15, 0.2) is 18.2 Å². The van der Waals surface area contributed by atoms with E-state index in [4.69, 9.17) is 15.2 Å². The van der Waals surface area contributed by atoms with Crippen LogP contribution in [0.2, 0.25) is 0 Å². The van der Waals surface area contributed by atoms with Gasteiger partial charge in [-0.1, -0.05) is 19.9 Å². The zero-order valence-electron chi connectivity index (χ0n) is 14.4. The lowest BCUT2D eigenvalue weighted by atomic mass is 10.1. The molecule has 24 heavy (non-hydrogen) atoms. The zero-order valence-corrected chi connectivity index (χ0v) is 15.2. The average molecular weight is 360 g/mol. The summed E-state index contributed by atoms with van der Waals surface area (Å²) in [7, 11) is 3.11. The molecule has 0 saturated carbocycles. The lowest BCUT2D eigenvalue weighted by molar-refractivity contribution is -0.127. The number of rotatable bonds is 8. The Bertz CT molecular complexity index is 552. The second kappa shape index (κ2) is 10.7. The van der Waals surface area contributed by atoms with Crippen LogP contribution in [0.3, 0.4) is 0 Å². The first-order valence-corrected chi connectivity index (χ1v) is 7.40. The second-order valence-corrected chi connectivity index (χ2v) is 5.45. The van der Waals surface area contributed by atoms with E-state index in [1.165, 1.54) is 0 Å². The first kappa shape index (κ1) is 22.0. The van der Waals surface area contributed by atoms with Crippen molar-refractivity contribution in [1.82, 2.24) is 10.6 Å². The third-order valence-electron chi connectivity index (χ3n) is 3.38. The van der Waals surface area contributed by atoms with Gasteiger partial charge in [0.2, 0.25) is 11.8 Å². The number of benzene rings is 1. The summed E-state index contributed by atoms with van der Waals surface area (Å²) in [6, 6.07) is 4.76. The number of methoxy groups -OCH3 is 2. The minimum atomic E-state index is -0.617. The van der Waals surface area contributed by atoms with Gasteiger partial charge in [-0.3, -0.25) is 9.59 Å². The number of carbonyl (C=O) groups excluding carboxylic acids is 2. The standard InChI is InChI=1S/C16H25N3O4.ClH/c1-10(2)15(17)16(21)19-9-14(20)18-8-11-5-6-12(22-3)13(7-11)23-4;/h5-7,10,15H,8-9,17H2,1-4H3,(H,18,20)(H,19,21);1H/t15-;/m0./s1. The Kier molecular flexibility index (Phi) is 9.83. The monoisotopic (exact) mass is 359 g/mol. The molecule has 0 fully saturated rings. The Balaban J connectivity index is 0.00000529. The van der Waals surface area contributed by atoms with E-state index in [9.17, 15) is 9.59 Å². The van der Waals surface area contributed by atoms with Gasteiger partial charge in [-0.05, 0) is 23.6 Å². The summed E-state index contributed by atoms with van der Waals surface area (Å²) >= 11 is 0. The normalized spacial score (nSPS) is 11.2. The summed E-state index contributed by atoms with van der Waals surface area (Å²) in [5.74, 6) is 0.614. The summed E-state index contributed by atoms with van der Waals surface area (Å²) in [5, 5.41) is 5.24. The molecular weight excluding hydrogens is 334 g/mol. The van der Waals surface area contributed by atoms with E-state index in [1.54, 1.807) is 26.4 Å². The van der Waals surface area contributed by atoms with Crippen molar-refractivity contribution in [3.8, 4) is 11.5 Å². The second-order valence-electron chi connectivity index (χ2n) is 5.45. The molecule has 0 spiro atoms. The highest BCUT2D eigenvalue weighted by Crippen LogP contribution is 2.27. The summed E-state index contributed by atoms with van der Waals surface area (Å²) in [6.45, 7) is 3.92. The maximum Gasteiger partial charge on any atom is 0.239 e. The van der Waals surface area contributed by atoms with Crippen LogP contribution in [0.25, 0.3) is 0 Å². The van der Waals surface area contributed by atoms with Crippen molar-refractivity contribution < 1.29 is 19.1 Å². The number of amides is 2. The number of nitrogens with two attached hydrogens (primary N) is 1. The van der Waals surface area contributed by atoms with Crippen LogP contribution < -0.4 is 25.8 Å². The highest BCUT2D eigenvalue weighted by Gasteiger charge is 2.17. The van der Waals surface area contributed by atoms with Crippen LogP contribution in [0.4, 0.5) is 0 Å². The van der Waals surface area contributed by atoms with Gasteiger partial charge in [0.05, 0.1) is 26.8 Å². The lowest BCUT2D eigenvalue weighted by Crippen LogP contribution is -2.47. The quantitative estimate of drug-likeness (QED) is 0.638. The fraction of sp³-hybridized carbons (Fsp3) is 0.500. The molecule has 1 atom stereocenters. The van der Waals surface area contributed by atoms with Gasteiger partial charge in [0.15, 0.2) is 11.5 Å². The molecule has 0 heterocycles. The summed E-state index contributed by atoms with van der Waals surface area (Å²) < 4.78 is 10.4. The largest absolute Gasteiger partial charge is 0.493 e. The Morgan fingerprint density at radius 3 is 2.29 bits per heavy atom. The lowest BCUT2D eigenvalue weighted by Gasteiger charge is -2.15. The van der Waals surface area contributed by atoms with Gasteiger partial charge in [0.1, 0.15) is 0 Å². The van der Waals surface area contributed by atoms with E-state index in [0.29, 0.717) is 18.0 Å². The minimum Gasteiger partial charge on any atom is -0.493 e. The van der Waals surface area contributed by atoms with Gasteiger partial charge in [-0.15, -0.1) is 12.4 Å². The molecule has 0 aromatic heterocycles. The van der Waals surface area contributed by atoms with E-state index in [1.807, 2.05) is 19.9 Å². The molecule has 4 N–H and O–H groups in total. The number of nitrogens with one attached hydrogen (secondary N) is 2. The molecule has 0 unspecified atom stereocenters. The van der Waals surface area contributed by atoms with Crippen LogP contribution >= 0.6 is 12.4 Å². The van der Waals surface area contributed by atoms with Crippen molar-refractivity contribution in [2.45, 2.75) is 26.4 Å². The predicted octanol–water partition coefficient (Wildman–Crippen LogP) is 0.841. The SMILES string of the molecule is COc1ccc(CNC(=O)CNC(=O)[C@@H](N)C(C)C)cc1OC.Cl. The predicted molar refractivity (Wildman–Crippen MR) is 94.5 cm³/mol. The Morgan fingerprint density at radius 1 is 1.12 bits per heavy atom. The average Bonchev–Trinajstić information content (AvgIpc) is 2.56. The van der Waals surface area contributed by atoms with Crippen molar-refractivity contribution in [1.29, 1.82) is 0 Å². The van der Waals surface area contributed by atoms with Crippen LogP contribution in [0.5, 0.6) is 11.5 Å². The molecule has 7 nitrogen and oxygen atoms in total. The van der Waals surface area contributed by atoms with Gasteiger partial charge < -0.3 is 25.8 Å². The molecule has 0 bridgehead atoms. The molecule has 1 aromatic rings. The van der Waals surface area contributed by atoms with Gasteiger partial charge in [0, 0.05) is 6.54 Å². The molecule has 2 amide bonds. The van der Waals surface area contributed by atoms with Crippen LogP contribution in [0, 0.1) is 5.92 Å². The minimum absolute atomic E-state index is 0. The highest BCUT2D eigenvalue weighted by molar-refractivity contribution is 5.87. The van der Waals surface area contributed by atoms with E-state index in [0.717, 1.165) is 5.56 Å². The third-order valence-corrected chi connectivity index (χ3v) is 3.38. The van der Waals surface area contributed by atoms with Crippen molar-refractivity contribution in [3.05, 3.63) is 23.8 Å². The number of hydrogen-bond donors (Lipinski definition) is 3. The van der Waals surface area contributed by atoms with E-state index in [2.05, 4.69) is 10.6 Å². The van der Waals surface area contributed by atoms with Crippen molar-refractivity contribution in [2.75, 3.05) is 20.8 Å². The number of ether oxygens (including phenoxy) is 2. The van der Waals surface area contributed by atoms with Gasteiger partial charge in [-0.2, -0.15) is 0 Å². The molecule has 0 aliphatic heterocycles. The maximum absolute atomic E-state index is 11.8. The van der Waals surface area contributed by atoms with E-state index < -0.39 is 6.04 Å². The van der Waals surface area contributed by atoms with Gasteiger partial charge >= 0.3 is 0 Å². The van der Waals surface area contributed by atoms with E-state index >= 15 is 0 Å². The number of halogens is 1. The first-order chi connectivity index (χ1) is 10.9. The summed E-state index contributed by atoms with van der Waals surface area (Å²) in [6.07, 6.45) is 0. The zero-order chi connectivity index (χ0) is 17.4. The Morgan fingerprint density at radius 2 is 1.75 bits per heavy atom. The van der Waals surface area contributed by atoms with Crippen LogP contribution in [-0.4, -0.2) is 38.6 Å².